The Morgan fingerprint density at radius 1 is 1.19 bits per heavy atom. The van der Waals surface area contributed by atoms with E-state index in [-0.39, 0.29) is 6.54 Å². The van der Waals surface area contributed by atoms with Gasteiger partial charge in [0.25, 0.3) is 5.78 Å². The fourth-order valence-electron chi connectivity index (χ4n) is 2.77. The van der Waals surface area contributed by atoms with Crippen molar-refractivity contribution in [1.82, 2.24) is 19.6 Å². The molecule has 7 nitrogen and oxygen atoms in total. The van der Waals surface area contributed by atoms with Crippen molar-refractivity contribution >= 4 is 11.6 Å². The van der Waals surface area contributed by atoms with Gasteiger partial charge in [0.15, 0.2) is 0 Å². The second-order valence-corrected chi connectivity index (χ2v) is 6.40. The van der Waals surface area contributed by atoms with Crippen LogP contribution in [0.1, 0.15) is 18.4 Å². The second-order valence-electron chi connectivity index (χ2n) is 6.40. The molecule has 0 aliphatic carbocycles. The highest BCUT2D eigenvalue weighted by Crippen LogP contribution is 2.25. The van der Waals surface area contributed by atoms with Crippen molar-refractivity contribution in [1.29, 1.82) is 0 Å². The minimum absolute atomic E-state index is 0.243. The Bertz CT molecular complexity index is 1040. The number of aryl methyl sites for hydroxylation is 1. The summed E-state index contributed by atoms with van der Waals surface area (Å²) in [7, 11) is 0. The summed E-state index contributed by atoms with van der Waals surface area (Å²) in [6.07, 6.45) is 1.45. The van der Waals surface area contributed by atoms with E-state index in [1.807, 2.05) is 49.4 Å². The van der Waals surface area contributed by atoms with Gasteiger partial charge in [0.05, 0.1) is 12.2 Å². The smallest absolute Gasteiger partial charge is 0.254 e. The highest BCUT2D eigenvalue weighted by atomic mass is 16.4. The molecule has 0 saturated carbocycles. The number of rotatable bonds is 5. The van der Waals surface area contributed by atoms with Gasteiger partial charge in [0.1, 0.15) is 29.3 Å². The number of aliphatic hydroxyl groups is 1. The van der Waals surface area contributed by atoms with Crippen molar-refractivity contribution in [3.8, 4) is 11.3 Å². The molecule has 3 aromatic heterocycles. The van der Waals surface area contributed by atoms with Gasteiger partial charge in [-0.05, 0) is 26.0 Å². The zero-order valence-electron chi connectivity index (χ0n) is 14.5. The molecule has 7 heteroatoms. The van der Waals surface area contributed by atoms with Gasteiger partial charge in [-0.25, -0.2) is 4.98 Å². The second kappa shape index (κ2) is 6.27. The molecule has 1 aromatic carbocycles. The van der Waals surface area contributed by atoms with E-state index in [1.165, 1.54) is 6.33 Å². The van der Waals surface area contributed by atoms with Crippen LogP contribution >= 0.6 is 0 Å². The molecule has 0 radical (unpaired) electrons. The van der Waals surface area contributed by atoms with Gasteiger partial charge in [0, 0.05) is 11.6 Å². The van der Waals surface area contributed by atoms with E-state index in [4.69, 9.17) is 4.42 Å². The van der Waals surface area contributed by atoms with Gasteiger partial charge in [0.2, 0.25) is 0 Å². The molecule has 4 aromatic rings. The summed E-state index contributed by atoms with van der Waals surface area (Å²) in [5.41, 5.74) is 0.591. The van der Waals surface area contributed by atoms with Gasteiger partial charge >= 0.3 is 0 Å². The number of fused-ring (bicyclic) bond motifs is 1. The molecule has 1 unspecified atom stereocenters. The SMILES string of the molecule is Cc1ccc(C(C)(O)CNc2cc(-c3ccccc3)nc3ncnn23)o1. The lowest BCUT2D eigenvalue weighted by molar-refractivity contribution is 0.0467. The Morgan fingerprint density at radius 3 is 2.73 bits per heavy atom. The van der Waals surface area contributed by atoms with Gasteiger partial charge in [-0.15, -0.1) is 0 Å². The number of hydrogen-bond donors (Lipinski definition) is 2. The van der Waals surface area contributed by atoms with Crippen LogP contribution in [0.15, 0.2) is 59.3 Å². The molecule has 0 bridgehead atoms. The molecule has 0 amide bonds. The van der Waals surface area contributed by atoms with Gasteiger partial charge in [-0.1, -0.05) is 30.3 Å². The molecule has 0 fully saturated rings. The predicted molar refractivity (Wildman–Crippen MR) is 97.7 cm³/mol. The van der Waals surface area contributed by atoms with Crippen molar-refractivity contribution in [2.75, 3.05) is 11.9 Å². The van der Waals surface area contributed by atoms with Gasteiger partial charge < -0.3 is 14.8 Å². The normalized spacial score (nSPS) is 13.7. The number of benzene rings is 1. The minimum atomic E-state index is -1.17. The quantitative estimate of drug-likeness (QED) is 0.576. The van der Waals surface area contributed by atoms with Crippen LogP contribution in [0.25, 0.3) is 17.0 Å². The Hall–Kier alpha value is -3.19. The Labute approximate surface area is 150 Å². The molecule has 0 aliphatic rings. The van der Waals surface area contributed by atoms with Crippen LogP contribution in [-0.2, 0) is 5.60 Å². The molecule has 3 heterocycles. The number of nitrogens with zero attached hydrogens (tertiary/aromatic N) is 4. The van der Waals surface area contributed by atoms with Crippen LogP contribution in [0.3, 0.4) is 0 Å². The lowest BCUT2D eigenvalue weighted by Gasteiger charge is -2.22. The highest BCUT2D eigenvalue weighted by molar-refractivity contribution is 5.65. The summed E-state index contributed by atoms with van der Waals surface area (Å²) in [6, 6.07) is 15.4. The zero-order valence-corrected chi connectivity index (χ0v) is 14.5. The third-order valence-corrected chi connectivity index (χ3v) is 4.21. The maximum absolute atomic E-state index is 10.8. The zero-order chi connectivity index (χ0) is 18.1. The molecule has 26 heavy (non-hydrogen) atoms. The van der Waals surface area contributed by atoms with E-state index in [1.54, 1.807) is 17.5 Å². The van der Waals surface area contributed by atoms with Crippen molar-refractivity contribution in [3.63, 3.8) is 0 Å². The number of aromatic nitrogens is 4. The van der Waals surface area contributed by atoms with E-state index in [9.17, 15) is 5.11 Å². The fraction of sp³-hybridized carbons (Fsp3) is 0.211. The summed E-state index contributed by atoms with van der Waals surface area (Å²) in [5, 5.41) is 18.2. The van der Waals surface area contributed by atoms with E-state index in [0.717, 1.165) is 17.0 Å². The van der Waals surface area contributed by atoms with Crippen LogP contribution in [0, 0.1) is 6.92 Å². The average Bonchev–Trinajstić information content (AvgIpc) is 3.29. The van der Waals surface area contributed by atoms with E-state index in [0.29, 0.717) is 17.4 Å². The van der Waals surface area contributed by atoms with Crippen LogP contribution in [0.4, 0.5) is 5.82 Å². The largest absolute Gasteiger partial charge is 0.463 e. The third-order valence-electron chi connectivity index (χ3n) is 4.21. The molecule has 132 valence electrons. The molecular weight excluding hydrogens is 330 g/mol. The first kappa shape index (κ1) is 16.3. The van der Waals surface area contributed by atoms with Crippen molar-refractivity contribution in [2.45, 2.75) is 19.4 Å². The molecule has 0 spiro atoms. The van der Waals surface area contributed by atoms with E-state index < -0.39 is 5.60 Å². The van der Waals surface area contributed by atoms with E-state index in [2.05, 4.69) is 20.4 Å². The summed E-state index contributed by atoms with van der Waals surface area (Å²) in [4.78, 5) is 8.73. The van der Waals surface area contributed by atoms with Gasteiger partial charge in [-0.3, -0.25) is 0 Å². The molecule has 1 atom stereocenters. The molecule has 0 aliphatic heterocycles. The van der Waals surface area contributed by atoms with Crippen LogP contribution in [-0.4, -0.2) is 31.2 Å². The lowest BCUT2D eigenvalue weighted by atomic mass is 10.0. The topological polar surface area (TPSA) is 88.5 Å². The maximum Gasteiger partial charge on any atom is 0.254 e. The van der Waals surface area contributed by atoms with Crippen molar-refractivity contribution in [3.05, 3.63) is 66.4 Å². The fourth-order valence-corrected chi connectivity index (χ4v) is 2.77. The lowest BCUT2D eigenvalue weighted by Crippen LogP contribution is -2.31. The van der Waals surface area contributed by atoms with Crippen LogP contribution in [0.5, 0.6) is 0 Å². The van der Waals surface area contributed by atoms with Crippen LogP contribution in [0.2, 0.25) is 0 Å². The van der Waals surface area contributed by atoms with E-state index >= 15 is 0 Å². The highest BCUT2D eigenvalue weighted by Gasteiger charge is 2.27. The summed E-state index contributed by atoms with van der Waals surface area (Å²) in [6.45, 7) is 3.80. The van der Waals surface area contributed by atoms with Crippen molar-refractivity contribution < 1.29 is 9.52 Å². The number of nitrogens with one attached hydrogen (secondary N) is 1. The Kier molecular flexibility index (Phi) is 3.93. The third kappa shape index (κ3) is 3.04. The molecule has 0 saturated heterocycles. The number of anilines is 1. The Balaban J connectivity index is 1.66. The average molecular weight is 349 g/mol. The molecular formula is C19H19N5O2. The first-order valence-corrected chi connectivity index (χ1v) is 8.32. The Morgan fingerprint density at radius 2 is 2.00 bits per heavy atom. The maximum atomic E-state index is 10.8. The van der Waals surface area contributed by atoms with Gasteiger partial charge in [-0.2, -0.15) is 14.6 Å². The van der Waals surface area contributed by atoms with Crippen LogP contribution < -0.4 is 5.32 Å². The molecule has 4 rings (SSSR count). The van der Waals surface area contributed by atoms with Crippen molar-refractivity contribution in [2.24, 2.45) is 0 Å². The molecule has 2 N–H and O–H groups in total. The minimum Gasteiger partial charge on any atom is -0.463 e. The summed E-state index contributed by atoms with van der Waals surface area (Å²) in [5.74, 6) is 2.45. The first-order valence-electron chi connectivity index (χ1n) is 8.32. The standard InChI is InChI=1S/C19H19N5O2/c1-13-8-9-16(26-13)19(2,25)11-20-17-10-15(14-6-4-3-5-7-14)23-18-21-12-22-24(17)18/h3-10,12,20,25H,11H2,1-2H3. The monoisotopic (exact) mass is 349 g/mol. The summed E-state index contributed by atoms with van der Waals surface area (Å²) < 4.78 is 7.17. The number of furan rings is 1. The predicted octanol–water partition coefficient (Wildman–Crippen LogP) is 3.01. The summed E-state index contributed by atoms with van der Waals surface area (Å²) >= 11 is 0. The first-order chi connectivity index (χ1) is 12.5. The number of hydrogen-bond acceptors (Lipinski definition) is 6.